The highest BCUT2D eigenvalue weighted by Gasteiger charge is 2.00. The van der Waals surface area contributed by atoms with Crippen molar-refractivity contribution in [2.75, 3.05) is 11.9 Å². The second kappa shape index (κ2) is 3.56. The van der Waals surface area contributed by atoms with Crippen molar-refractivity contribution in [2.45, 2.75) is 0 Å². The number of anilines is 1. The minimum Gasteiger partial charge on any atom is -0.480 e. The first kappa shape index (κ1) is 8.31. The van der Waals surface area contributed by atoms with E-state index in [0.29, 0.717) is 0 Å². The second-order valence-electron chi connectivity index (χ2n) is 1.83. The number of hydrogen-bond acceptors (Lipinski definition) is 5. The molecule has 0 fully saturated rings. The summed E-state index contributed by atoms with van der Waals surface area (Å²) in [7, 11) is 0. The third kappa shape index (κ3) is 2.45. The molecule has 0 aliphatic heterocycles. The van der Waals surface area contributed by atoms with Crippen LogP contribution in [0.15, 0.2) is 6.33 Å². The van der Waals surface area contributed by atoms with Gasteiger partial charge >= 0.3 is 12.0 Å². The SMILES string of the molecule is O=C(O)CNc1ncnc(F)n1. The lowest BCUT2D eigenvalue weighted by molar-refractivity contribution is -0.134. The Bertz CT molecular complexity index is 293. The highest BCUT2D eigenvalue weighted by atomic mass is 19.1. The summed E-state index contributed by atoms with van der Waals surface area (Å²) in [5.74, 6) is -1.17. The highest BCUT2D eigenvalue weighted by Crippen LogP contribution is 1.93. The molecular weight excluding hydrogens is 167 g/mol. The normalized spacial score (nSPS) is 9.42. The van der Waals surface area contributed by atoms with Crippen LogP contribution in [0.2, 0.25) is 0 Å². The molecule has 7 heteroatoms. The smallest absolute Gasteiger partial charge is 0.322 e. The van der Waals surface area contributed by atoms with Gasteiger partial charge in [0.2, 0.25) is 5.95 Å². The van der Waals surface area contributed by atoms with Crippen molar-refractivity contribution in [1.29, 1.82) is 0 Å². The summed E-state index contributed by atoms with van der Waals surface area (Å²) in [6.45, 7) is -0.358. The molecule has 0 saturated heterocycles. The lowest BCUT2D eigenvalue weighted by Gasteiger charge is -1.98. The molecule has 1 heterocycles. The summed E-state index contributed by atoms with van der Waals surface area (Å²) in [5, 5.41) is 10.5. The fraction of sp³-hybridized carbons (Fsp3) is 0.200. The van der Waals surface area contributed by atoms with Crippen LogP contribution in [0.3, 0.4) is 0 Å². The number of carbonyl (C=O) groups is 1. The Balaban J connectivity index is 2.57. The molecule has 12 heavy (non-hydrogen) atoms. The molecule has 0 bridgehead atoms. The van der Waals surface area contributed by atoms with E-state index in [1.54, 1.807) is 0 Å². The molecule has 1 rings (SSSR count). The first-order valence-corrected chi connectivity index (χ1v) is 2.98. The van der Waals surface area contributed by atoms with Crippen molar-refractivity contribution < 1.29 is 14.3 Å². The minimum atomic E-state index is -1.07. The summed E-state index contributed by atoms with van der Waals surface area (Å²) >= 11 is 0. The zero-order valence-corrected chi connectivity index (χ0v) is 5.86. The molecule has 6 nitrogen and oxygen atoms in total. The van der Waals surface area contributed by atoms with Crippen molar-refractivity contribution in [3.8, 4) is 0 Å². The van der Waals surface area contributed by atoms with Crippen molar-refractivity contribution in [3.63, 3.8) is 0 Å². The minimum absolute atomic E-state index is 0.0927. The van der Waals surface area contributed by atoms with Crippen LogP contribution in [-0.2, 0) is 4.79 Å². The number of hydrogen-bond donors (Lipinski definition) is 2. The largest absolute Gasteiger partial charge is 0.480 e. The first-order valence-electron chi connectivity index (χ1n) is 2.98. The van der Waals surface area contributed by atoms with Crippen LogP contribution >= 0.6 is 0 Å². The van der Waals surface area contributed by atoms with Crippen LogP contribution in [0.25, 0.3) is 0 Å². The average Bonchev–Trinajstić information content (AvgIpc) is 2.01. The molecule has 2 N–H and O–H groups in total. The van der Waals surface area contributed by atoms with Gasteiger partial charge in [0.05, 0.1) is 0 Å². The fourth-order valence-corrected chi connectivity index (χ4v) is 0.516. The highest BCUT2D eigenvalue weighted by molar-refractivity contribution is 5.71. The van der Waals surface area contributed by atoms with Gasteiger partial charge in [-0.25, -0.2) is 4.98 Å². The topological polar surface area (TPSA) is 88.0 Å². The molecule has 0 saturated carbocycles. The quantitative estimate of drug-likeness (QED) is 0.639. The monoisotopic (exact) mass is 172 g/mol. The Labute approximate surface area is 66.5 Å². The van der Waals surface area contributed by atoms with E-state index in [9.17, 15) is 9.18 Å². The first-order chi connectivity index (χ1) is 5.68. The van der Waals surface area contributed by atoms with Crippen molar-refractivity contribution in [1.82, 2.24) is 15.0 Å². The van der Waals surface area contributed by atoms with E-state index in [1.807, 2.05) is 0 Å². The van der Waals surface area contributed by atoms with Gasteiger partial charge in [-0.2, -0.15) is 14.4 Å². The van der Waals surface area contributed by atoms with Gasteiger partial charge in [0.15, 0.2) is 0 Å². The summed E-state index contributed by atoms with van der Waals surface area (Å²) in [4.78, 5) is 19.8. The van der Waals surface area contributed by atoms with Crippen molar-refractivity contribution in [3.05, 3.63) is 12.4 Å². The molecular formula is C5H5FN4O2. The van der Waals surface area contributed by atoms with Crippen LogP contribution < -0.4 is 5.32 Å². The second-order valence-corrected chi connectivity index (χ2v) is 1.83. The van der Waals surface area contributed by atoms with Gasteiger partial charge in [0.25, 0.3) is 0 Å². The number of rotatable bonds is 3. The number of carboxylic acids is 1. The molecule has 1 aromatic heterocycles. The standard InChI is InChI=1S/C5H5FN4O2/c6-4-8-2-9-5(10-4)7-1-3(11)12/h2H,1H2,(H,11,12)(H,7,8,9,10). The van der Waals surface area contributed by atoms with E-state index in [1.165, 1.54) is 0 Å². The number of carboxylic acid groups (broad SMARTS) is 1. The van der Waals surface area contributed by atoms with Crippen LogP contribution in [0, 0.1) is 6.08 Å². The zero-order valence-electron chi connectivity index (χ0n) is 5.86. The third-order valence-corrected chi connectivity index (χ3v) is 0.940. The maximum Gasteiger partial charge on any atom is 0.322 e. The van der Waals surface area contributed by atoms with E-state index >= 15 is 0 Å². The maximum absolute atomic E-state index is 12.2. The van der Waals surface area contributed by atoms with E-state index in [2.05, 4.69) is 20.3 Å². The Kier molecular flexibility index (Phi) is 2.46. The number of aliphatic carboxylic acids is 1. The van der Waals surface area contributed by atoms with Gasteiger partial charge in [-0.15, -0.1) is 0 Å². The fourth-order valence-electron chi connectivity index (χ4n) is 0.516. The number of aromatic nitrogens is 3. The Morgan fingerprint density at radius 3 is 3.00 bits per heavy atom. The average molecular weight is 172 g/mol. The van der Waals surface area contributed by atoms with E-state index < -0.39 is 12.0 Å². The summed E-state index contributed by atoms with van der Waals surface area (Å²) in [5.41, 5.74) is 0. The lowest BCUT2D eigenvalue weighted by atomic mass is 10.6. The molecule has 0 radical (unpaired) electrons. The maximum atomic E-state index is 12.2. The van der Waals surface area contributed by atoms with E-state index in [-0.39, 0.29) is 12.5 Å². The predicted molar refractivity (Wildman–Crippen MR) is 35.9 cm³/mol. The third-order valence-electron chi connectivity index (χ3n) is 0.940. The van der Waals surface area contributed by atoms with Gasteiger partial charge in [0, 0.05) is 0 Å². The van der Waals surface area contributed by atoms with Gasteiger partial charge in [-0.3, -0.25) is 4.79 Å². The molecule has 0 aliphatic rings. The summed E-state index contributed by atoms with van der Waals surface area (Å²) < 4.78 is 12.2. The Morgan fingerprint density at radius 1 is 1.67 bits per heavy atom. The summed E-state index contributed by atoms with van der Waals surface area (Å²) in [6, 6.07) is 0. The number of nitrogens with one attached hydrogen (secondary N) is 1. The predicted octanol–water partition coefficient (Wildman–Crippen LogP) is -0.493. The van der Waals surface area contributed by atoms with E-state index in [0.717, 1.165) is 6.33 Å². The molecule has 1 aromatic rings. The molecule has 0 spiro atoms. The Hall–Kier alpha value is -1.79. The molecule has 0 aliphatic carbocycles. The number of halogens is 1. The molecule has 0 amide bonds. The molecule has 0 atom stereocenters. The van der Waals surface area contributed by atoms with Crippen LogP contribution in [0.4, 0.5) is 10.3 Å². The van der Waals surface area contributed by atoms with Crippen LogP contribution in [0.1, 0.15) is 0 Å². The van der Waals surface area contributed by atoms with Gasteiger partial charge in [-0.1, -0.05) is 0 Å². The van der Waals surface area contributed by atoms with E-state index in [4.69, 9.17) is 5.11 Å². The van der Waals surface area contributed by atoms with Crippen molar-refractivity contribution in [2.24, 2.45) is 0 Å². The molecule has 0 aromatic carbocycles. The number of nitrogens with zero attached hydrogens (tertiary/aromatic N) is 3. The molecule has 64 valence electrons. The van der Waals surface area contributed by atoms with Crippen LogP contribution in [0.5, 0.6) is 0 Å². The van der Waals surface area contributed by atoms with Crippen LogP contribution in [-0.4, -0.2) is 32.6 Å². The summed E-state index contributed by atoms with van der Waals surface area (Å²) in [6.07, 6.45) is 0.00451. The zero-order chi connectivity index (χ0) is 8.97. The van der Waals surface area contributed by atoms with Gasteiger partial charge in [-0.05, 0) is 0 Å². The Morgan fingerprint density at radius 2 is 2.42 bits per heavy atom. The molecule has 0 unspecified atom stereocenters. The van der Waals surface area contributed by atoms with Crippen molar-refractivity contribution >= 4 is 11.9 Å². The van der Waals surface area contributed by atoms with Gasteiger partial charge in [0.1, 0.15) is 12.9 Å². The van der Waals surface area contributed by atoms with Gasteiger partial charge < -0.3 is 10.4 Å². The lowest BCUT2D eigenvalue weighted by Crippen LogP contribution is -2.14.